The van der Waals surface area contributed by atoms with Crippen LogP contribution in [0.4, 0.5) is 0 Å². The number of aromatic amines is 1. The summed E-state index contributed by atoms with van der Waals surface area (Å²) in [4.78, 5) is 27.3. The van der Waals surface area contributed by atoms with Crippen molar-refractivity contribution < 1.29 is 13.2 Å². The monoisotopic (exact) mass is 460 g/mol. The van der Waals surface area contributed by atoms with Crippen molar-refractivity contribution >= 4 is 32.9 Å². The second-order valence-electron chi connectivity index (χ2n) is 8.46. The van der Waals surface area contributed by atoms with Crippen LogP contribution < -0.4 is 10.9 Å². The molecule has 0 bridgehead atoms. The van der Waals surface area contributed by atoms with Crippen molar-refractivity contribution in [3.63, 3.8) is 0 Å². The molecule has 164 valence electrons. The maximum absolute atomic E-state index is 12.6. The summed E-state index contributed by atoms with van der Waals surface area (Å²) >= 11 is 6.39. The smallest absolute Gasteiger partial charge is 0.251 e. The number of hydrogen-bond acceptors (Lipinski definition) is 4. The molecule has 4 rings (SSSR count). The van der Waals surface area contributed by atoms with Gasteiger partial charge in [-0.05, 0) is 62.8 Å². The minimum absolute atomic E-state index is 0.0189. The molecule has 1 atom stereocenters. The number of hydrogen-bond donors (Lipinski definition) is 2. The average molecular weight is 461 g/mol. The first-order valence-electron chi connectivity index (χ1n) is 10.5. The van der Waals surface area contributed by atoms with E-state index in [1.54, 1.807) is 26.0 Å². The molecule has 2 heterocycles. The van der Waals surface area contributed by atoms with Gasteiger partial charge in [0.05, 0.1) is 15.2 Å². The number of H-pyrrole nitrogens is 1. The Morgan fingerprint density at radius 1 is 1.13 bits per heavy atom. The summed E-state index contributed by atoms with van der Waals surface area (Å²) in [6, 6.07) is 8.34. The van der Waals surface area contributed by atoms with E-state index in [-0.39, 0.29) is 27.4 Å². The van der Waals surface area contributed by atoms with Gasteiger partial charge in [0, 0.05) is 29.3 Å². The van der Waals surface area contributed by atoms with Gasteiger partial charge in [0.15, 0.2) is 9.84 Å². The lowest BCUT2D eigenvalue weighted by atomic mass is 9.98. The number of amides is 1. The summed E-state index contributed by atoms with van der Waals surface area (Å²) in [5.74, 6) is 0.309. The molecule has 2 N–H and O–H groups in total. The van der Waals surface area contributed by atoms with E-state index in [1.165, 1.54) is 6.07 Å². The Balaban J connectivity index is 1.79. The average Bonchev–Trinajstić information content (AvgIpc) is 3.46. The van der Waals surface area contributed by atoms with E-state index < -0.39 is 15.1 Å². The Labute approximate surface area is 186 Å². The highest BCUT2D eigenvalue weighted by atomic mass is 35.5. The fourth-order valence-corrected chi connectivity index (χ4v) is 5.42. The Hall–Kier alpha value is -2.38. The fourth-order valence-electron chi connectivity index (χ4n) is 3.82. The molecule has 0 spiro atoms. The van der Waals surface area contributed by atoms with Crippen LogP contribution in [0.5, 0.6) is 0 Å². The van der Waals surface area contributed by atoms with Gasteiger partial charge >= 0.3 is 0 Å². The molecule has 31 heavy (non-hydrogen) atoms. The highest BCUT2D eigenvalue weighted by molar-refractivity contribution is 7.92. The first-order valence-corrected chi connectivity index (χ1v) is 12.4. The van der Waals surface area contributed by atoms with Gasteiger partial charge in [-0.25, -0.2) is 8.42 Å². The number of benzene rings is 1. The van der Waals surface area contributed by atoms with Crippen molar-refractivity contribution in [1.29, 1.82) is 0 Å². The molecule has 1 saturated heterocycles. The minimum Gasteiger partial charge on any atom is -0.350 e. The number of carbonyl (C=O) groups is 1. The van der Waals surface area contributed by atoms with E-state index in [1.807, 2.05) is 18.2 Å². The Kier molecular flexibility index (Phi) is 5.83. The molecule has 1 aromatic carbocycles. The van der Waals surface area contributed by atoms with Crippen LogP contribution in [-0.4, -0.2) is 30.6 Å². The number of halogens is 1. The van der Waals surface area contributed by atoms with Crippen molar-refractivity contribution in [3.05, 3.63) is 68.6 Å². The number of pyridine rings is 1. The van der Waals surface area contributed by atoms with Gasteiger partial charge in [-0.2, -0.15) is 0 Å². The van der Waals surface area contributed by atoms with Crippen LogP contribution in [-0.2, 0) is 14.6 Å². The number of carbonyl (C=O) groups excluding carboxylic acids is 1. The fraction of sp³-hybridized carbons (Fsp3) is 0.391. The molecule has 6 nitrogen and oxygen atoms in total. The van der Waals surface area contributed by atoms with Gasteiger partial charge in [-0.3, -0.25) is 9.59 Å². The standard InChI is InChI=1S/C23H25ClN2O4S/c1-13(2)31(29,30)21-9-5-15(11-19(21)24)18(12-16-6-10-22(27)25-16)20-8-7-17(14-3-4-14)23(28)26-20/h5,7-9,11-14,16H,3-4,6,10H2,1-2H3,(H,25,27)(H,26,28)/t16-/m1/s1. The third-order valence-corrected chi connectivity index (χ3v) is 8.45. The molecule has 0 unspecified atom stereocenters. The maximum Gasteiger partial charge on any atom is 0.251 e. The van der Waals surface area contributed by atoms with Gasteiger partial charge in [-0.15, -0.1) is 0 Å². The largest absolute Gasteiger partial charge is 0.350 e. The van der Waals surface area contributed by atoms with Gasteiger partial charge < -0.3 is 10.3 Å². The summed E-state index contributed by atoms with van der Waals surface area (Å²) in [5, 5.41) is 2.44. The molecule has 1 aliphatic heterocycles. The summed E-state index contributed by atoms with van der Waals surface area (Å²) in [7, 11) is -3.53. The van der Waals surface area contributed by atoms with Gasteiger partial charge in [0.2, 0.25) is 5.91 Å². The predicted octanol–water partition coefficient (Wildman–Crippen LogP) is 3.80. The lowest BCUT2D eigenvalue weighted by Crippen LogP contribution is -2.23. The zero-order valence-corrected chi connectivity index (χ0v) is 19.0. The molecular formula is C23H25ClN2O4S. The highest BCUT2D eigenvalue weighted by Crippen LogP contribution is 2.38. The van der Waals surface area contributed by atoms with Crippen LogP contribution in [0.1, 0.15) is 62.3 Å². The van der Waals surface area contributed by atoms with E-state index in [2.05, 4.69) is 10.3 Å². The normalized spacial score (nSPS) is 19.7. The highest BCUT2D eigenvalue weighted by Gasteiger charge is 2.27. The van der Waals surface area contributed by atoms with Crippen LogP contribution in [0.15, 0.2) is 46.1 Å². The molecule has 1 aromatic heterocycles. The van der Waals surface area contributed by atoms with Crippen molar-refractivity contribution in [3.8, 4) is 0 Å². The Bertz CT molecular complexity index is 1230. The summed E-state index contributed by atoms with van der Waals surface area (Å²) in [6.07, 6.45) is 5.05. The summed E-state index contributed by atoms with van der Waals surface area (Å²) < 4.78 is 25.2. The van der Waals surface area contributed by atoms with Crippen LogP contribution in [0.25, 0.3) is 5.57 Å². The molecule has 8 heteroatoms. The van der Waals surface area contributed by atoms with Crippen LogP contribution in [0, 0.1) is 0 Å². The van der Waals surface area contributed by atoms with Gasteiger partial charge in [-0.1, -0.05) is 29.8 Å². The molecule has 1 amide bonds. The van der Waals surface area contributed by atoms with Crippen LogP contribution in [0.3, 0.4) is 0 Å². The summed E-state index contributed by atoms with van der Waals surface area (Å²) in [6.45, 7) is 3.22. The van der Waals surface area contributed by atoms with Crippen molar-refractivity contribution in [2.45, 2.75) is 61.6 Å². The Morgan fingerprint density at radius 2 is 1.87 bits per heavy atom. The number of sulfone groups is 1. The zero-order valence-electron chi connectivity index (χ0n) is 17.4. The van der Waals surface area contributed by atoms with Crippen molar-refractivity contribution in [2.75, 3.05) is 0 Å². The van der Waals surface area contributed by atoms with E-state index >= 15 is 0 Å². The lowest BCUT2D eigenvalue weighted by molar-refractivity contribution is -0.119. The lowest BCUT2D eigenvalue weighted by Gasteiger charge is -2.15. The molecule has 2 aliphatic rings. The van der Waals surface area contributed by atoms with E-state index in [0.717, 1.165) is 18.4 Å². The molecule has 2 aromatic rings. The van der Waals surface area contributed by atoms with E-state index in [4.69, 9.17) is 11.6 Å². The molecule has 2 fully saturated rings. The predicted molar refractivity (Wildman–Crippen MR) is 121 cm³/mol. The SMILES string of the molecule is CC(C)S(=O)(=O)c1ccc(C(=C[C@H]2CCC(=O)N2)c2ccc(C3CC3)c(=O)[nH]2)cc1Cl. The molecule has 1 saturated carbocycles. The molecule has 1 aliphatic carbocycles. The van der Waals surface area contributed by atoms with Crippen LogP contribution >= 0.6 is 11.6 Å². The van der Waals surface area contributed by atoms with Gasteiger partial charge in [0.25, 0.3) is 5.56 Å². The third-order valence-electron chi connectivity index (χ3n) is 5.81. The second-order valence-corrected chi connectivity index (χ2v) is 11.3. The first-order chi connectivity index (χ1) is 14.7. The first kappa shape index (κ1) is 21.8. The van der Waals surface area contributed by atoms with Gasteiger partial charge in [0.1, 0.15) is 0 Å². The number of aromatic nitrogens is 1. The van der Waals surface area contributed by atoms with Crippen molar-refractivity contribution in [2.24, 2.45) is 0 Å². The molecular weight excluding hydrogens is 436 g/mol. The zero-order chi connectivity index (χ0) is 22.3. The number of rotatable bonds is 6. The topological polar surface area (TPSA) is 96.1 Å². The van der Waals surface area contributed by atoms with E-state index in [9.17, 15) is 18.0 Å². The van der Waals surface area contributed by atoms with Crippen molar-refractivity contribution in [1.82, 2.24) is 10.3 Å². The number of nitrogens with one attached hydrogen (secondary N) is 2. The summed E-state index contributed by atoms with van der Waals surface area (Å²) in [5.41, 5.74) is 2.64. The molecule has 0 radical (unpaired) electrons. The minimum atomic E-state index is -3.53. The van der Waals surface area contributed by atoms with E-state index in [0.29, 0.717) is 35.6 Å². The third kappa shape index (κ3) is 4.48. The maximum atomic E-state index is 12.6. The second kappa shape index (κ2) is 8.28. The Morgan fingerprint density at radius 3 is 2.42 bits per heavy atom. The quantitative estimate of drug-likeness (QED) is 0.685. The van der Waals surface area contributed by atoms with Crippen LogP contribution in [0.2, 0.25) is 5.02 Å².